The Bertz CT molecular complexity index is 356. The Morgan fingerprint density at radius 1 is 1.53 bits per heavy atom. The van der Waals surface area contributed by atoms with Crippen LogP contribution < -0.4 is 0 Å². The van der Waals surface area contributed by atoms with E-state index in [0.717, 1.165) is 25.1 Å². The fourth-order valence-corrected chi connectivity index (χ4v) is 2.61. The highest BCUT2D eigenvalue weighted by atomic mass is 35.5. The van der Waals surface area contributed by atoms with Crippen molar-refractivity contribution in [2.24, 2.45) is 12.5 Å². The molecule has 0 spiro atoms. The number of alkyl halides is 1. The van der Waals surface area contributed by atoms with Gasteiger partial charge in [-0.3, -0.25) is 4.68 Å². The van der Waals surface area contributed by atoms with Crippen molar-refractivity contribution in [3.05, 3.63) is 30.1 Å². The SMILES string of the molecule is Cn1cc(CC2(CCl)CC=CCC2)cn1. The largest absolute Gasteiger partial charge is 0.276 e. The van der Waals surface area contributed by atoms with Crippen LogP contribution in [0.25, 0.3) is 0 Å². The molecule has 0 N–H and O–H groups in total. The molecule has 1 atom stereocenters. The van der Waals surface area contributed by atoms with Crippen molar-refractivity contribution in [2.75, 3.05) is 5.88 Å². The van der Waals surface area contributed by atoms with Gasteiger partial charge in [0.15, 0.2) is 0 Å². The Kier molecular flexibility index (Phi) is 3.15. The van der Waals surface area contributed by atoms with Gasteiger partial charge < -0.3 is 0 Å². The quantitative estimate of drug-likeness (QED) is 0.570. The van der Waals surface area contributed by atoms with Crippen LogP contribution in [0, 0.1) is 5.41 Å². The van der Waals surface area contributed by atoms with Gasteiger partial charge in [0, 0.05) is 19.1 Å². The first-order chi connectivity index (χ1) is 7.24. The number of hydrogen-bond donors (Lipinski definition) is 0. The predicted octanol–water partition coefficient (Wildman–Crippen LogP) is 2.93. The van der Waals surface area contributed by atoms with Crippen LogP contribution in [0.15, 0.2) is 24.5 Å². The molecule has 1 aliphatic carbocycles. The maximum absolute atomic E-state index is 6.13. The molecular formula is C12H17ClN2. The molecule has 1 aliphatic rings. The summed E-state index contributed by atoms with van der Waals surface area (Å²) in [6, 6.07) is 0. The zero-order chi connectivity index (χ0) is 10.7. The summed E-state index contributed by atoms with van der Waals surface area (Å²) in [6.45, 7) is 0. The van der Waals surface area contributed by atoms with Gasteiger partial charge in [-0.2, -0.15) is 5.10 Å². The van der Waals surface area contributed by atoms with Gasteiger partial charge in [0.25, 0.3) is 0 Å². The lowest BCUT2D eigenvalue weighted by Gasteiger charge is -2.32. The number of rotatable bonds is 3. The lowest BCUT2D eigenvalue weighted by molar-refractivity contribution is 0.296. The van der Waals surface area contributed by atoms with Crippen LogP contribution in [0.5, 0.6) is 0 Å². The van der Waals surface area contributed by atoms with Crippen LogP contribution in [0.2, 0.25) is 0 Å². The standard InChI is InChI=1S/C12H17ClN2/c1-15-9-11(8-14-15)7-12(10-13)5-3-2-4-6-12/h2-3,8-9H,4-7,10H2,1H3. The van der Waals surface area contributed by atoms with Crippen molar-refractivity contribution >= 4 is 11.6 Å². The van der Waals surface area contributed by atoms with E-state index in [1.807, 2.05) is 17.9 Å². The molecule has 0 saturated heterocycles. The third-order valence-corrected chi connectivity index (χ3v) is 3.75. The molecular weight excluding hydrogens is 208 g/mol. The number of aryl methyl sites for hydroxylation is 1. The van der Waals surface area contributed by atoms with Gasteiger partial charge in [0.2, 0.25) is 0 Å². The van der Waals surface area contributed by atoms with E-state index in [4.69, 9.17) is 11.6 Å². The second-order valence-corrected chi connectivity index (χ2v) is 4.81. The van der Waals surface area contributed by atoms with Crippen LogP contribution in [-0.2, 0) is 13.5 Å². The van der Waals surface area contributed by atoms with Crippen LogP contribution in [0.4, 0.5) is 0 Å². The molecule has 1 unspecified atom stereocenters. The Labute approximate surface area is 95.9 Å². The minimum absolute atomic E-state index is 0.263. The molecule has 0 amide bonds. The number of hydrogen-bond acceptors (Lipinski definition) is 1. The van der Waals surface area contributed by atoms with Crippen molar-refractivity contribution in [1.29, 1.82) is 0 Å². The first-order valence-corrected chi connectivity index (χ1v) is 5.96. The molecule has 0 radical (unpaired) electrons. The molecule has 0 aliphatic heterocycles. The lowest BCUT2D eigenvalue weighted by Crippen LogP contribution is -2.26. The Morgan fingerprint density at radius 2 is 2.40 bits per heavy atom. The van der Waals surface area contributed by atoms with Crippen LogP contribution in [0.1, 0.15) is 24.8 Å². The molecule has 15 heavy (non-hydrogen) atoms. The molecule has 1 aromatic heterocycles. The summed E-state index contributed by atoms with van der Waals surface area (Å²) in [7, 11) is 1.96. The normalized spacial score (nSPS) is 25.7. The third-order valence-electron chi connectivity index (χ3n) is 3.18. The highest BCUT2D eigenvalue weighted by Crippen LogP contribution is 2.37. The summed E-state index contributed by atoms with van der Waals surface area (Å²) >= 11 is 6.13. The van der Waals surface area contributed by atoms with E-state index in [-0.39, 0.29) is 5.41 Å². The maximum Gasteiger partial charge on any atom is 0.0521 e. The van der Waals surface area contributed by atoms with Crippen molar-refractivity contribution < 1.29 is 0 Å². The van der Waals surface area contributed by atoms with E-state index in [2.05, 4.69) is 23.4 Å². The van der Waals surface area contributed by atoms with Gasteiger partial charge in [-0.25, -0.2) is 0 Å². The summed E-state index contributed by atoms with van der Waals surface area (Å²) in [5.41, 5.74) is 1.56. The van der Waals surface area contributed by atoms with Crippen LogP contribution in [-0.4, -0.2) is 15.7 Å². The van der Waals surface area contributed by atoms with Gasteiger partial charge in [0.05, 0.1) is 6.20 Å². The summed E-state index contributed by atoms with van der Waals surface area (Å²) in [5, 5.41) is 4.20. The van der Waals surface area contributed by atoms with Crippen molar-refractivity contribution in [3.63, 3.8) is 0 Å². The second kappa shape index (κ2) is 4.40. The van der Waals surface area contributed by atoms with E-state index in [1.165, 1.54) is 12.0 Å². The van der Waals surface area contributed by atoms with E-state index in [0.29, 0.717) is 0 Å². The molecule has 3 heteroatoms. The number of halogens is 1. The Balaban J connectivity index is 2.10. The van der Waals surface area contributed by atoms with Gasteiger partial charge in [-0.15, -0.1) is 11.6 Å². The molecule has 0 bridgehead atoms. The molecule has 2 rings (SSSR count). The number of aromatic nitrogens is 2. The summed E-state index contributed by atoms with van der Waals surface area (Å²) < 4.78 is 1.86. The zero-order valence-corrected chi connectivity index (χ0v) is 9.87. The average Bonchev–Trinajstić information content (AvgIpc) is 2.65. The third kappa shape index (κ3) is 2.43. The monoisotopic (exact) mass is 224 g/mol. The minimum atomic E-state index is 0.263. The van der Waals surface area contributed by atoms with Crippen molar-refractivity contribution in [1.82, 2.24) is 9.78 Å². The van der Waals surface area contributed by atoms with E-state index in [9.17, 15) is 0 Å². The fourth-order valence-electron chi connectivity index (χ4n) is 2.27. The molecule has 0 aromatic carbocycles. The van der Waals surface area contributed by atoms with E-state index < -0.39 is 0 Å². The first kappa shape index (κ1) is 10.7. The van der Waals surface area contributed by atoms with Gasteiger partial charge in [-0.1, -0.05) is 12.2 Å². The smallest absolute Gasteiger partial charge is 0.0521 e. The Hall–Kier alpha value is -0.760. The molecule has 2 nitrogen and oxygen atoms in total. The van der Waals surface area contributed by atoms with Crippen molar-refractivity contribution in [3.8, 4) is 0 Å². The molecule has 82 valence electrons. The highest BCUT2D eigenvalue weighted by Gasteiger charge is 2.29. The van der Waals surface area contributed by atoms with Crippen molar-refractivity contribution in [2.45, 2.75) is 25.7 Å². The molecule has 1 aromatic rings. The minimum Gasteiger partial charge on any atom is -0.276 e. The maximum atomic E-state index is 6.13. The average molecular weight is 225 g/mol. The zero-order valence-electron chi connectivity index (χ0n) is 9.12. The first-order valence-electron chi connectivity index (χ1n) is 5.43. The number of allylic oxidation sites excluding steroid dienone is 2. The fraction of sp³-hybridized carbons (Fsp3) is 0.583. The Morgan fingerprint density at radius 3 is 2.93 bits per heavy atom. The molecule has 0 saturated carbocycles. The van der Waals surface area contributed by atoms with Crippen LogP contribution in [0.3, 0.4) is 0 Å². The van der Waals surface area contributed by atoms with Gasteiger partial charge in [-0.05, 0) is 36.7 Å². The van der Waals surface area contributed by atoms with Gasteiger partial charge in [0.1, 0.15) is 0 Å². The van der Waals surface area contributed by atoms with Gasteiger partial charge >= 0.3 is 0 Å². The van der Waals surface area contributed by atoms with E-state index >= 15 is 0 Å². The molecule has 0 fully saturated rings. The topological polar surface area (TPSA) is 17.8 Å². The lowest BCUT2D eigenvalue weighted by atomic mass is 9.75. The van der Waals surface area contributed by atoms with Crippen LogP contribution >= 0.6 is 11.6 Å². The number of nitrogens with zero attached hydrogens (tertiary/aromatic N) is 2. The summed E-state index contributed by atoms with van der Waals surface area (Å²) in [5.74, 6) is 0.742. The predicted molar refractivity (Wildman–Crippen MR) is 63.1 cm³/mol. The molecule has 1 heterocycles. The summed E-state index contributed by atoms with van der Waals surface area (Å²) in [6.07, 6.45) is 13.1. The van der Waals surface area contributed by atoms with E-state index in [1.54, 1.807) is 0 Å². The highest BCUT2D eigenvalue weighted by molar-refractivity contribution is 6.18. The second-order valence-electron chi connectivity index (χ2n) is 4.55. The summed E-state index contributed by atoms with van der Waals surface area (Å²) in [4.78, 5) is 0.